The molecule has 0 spiro atoms. The number of nitrogen functional groups attached to an aromatic ring is 1. The molecule has 1 saturated carbocycles. The fraction of sp³-hybridized carbons (Fsp3) is 0.667. The average Bonchev–Trinajstić information content (AvgIpc) is 3.27. The van der Waals surface area contributed by atoms with Gasteiger partial charge in [0.05, 0.1) is 19.0 Å². The Kier molecular flexibility index (Phi) is 5.04. The van der Waals surface area contributed by atoms with E-state index in [1.54, 1.807) is 17.8 Å². The fourth-order valence-corrected chi connectivity index (χ4v) is 2.58. The van der Waals surface area contributed by atoms with Crippen molar-refractivity contribution in [2.75, 3.05) is 17.7 Å². The zero-order chi connectivity index (χ0) is 18.1. The number of rotatable bonds is 8. The van der Waals surface area contributed by atoms with Crippen LogP contribution in [0.1, 0.15) is 32.9 Å². The van der Waals surface area contributed by atoms with Crippen molar-refractivity contribution >= 4 is 22.9 Å². The second-order valence-electron chi connectivity index (χ2n) is 6.36. The number of anilines is 2. The molecule has 138 valence electrons. The van der Waals surface area contributed by atoms with Crippen LogP contribution in [0.25, 0.3) is 11.2 Å². The van der Waals surface area contributed by atoms with Crippen LogP contribution in [0.5, 0.6) is 0 Å². The van der Waals surface area contributed by atoms with Crippen LogP contribution in [0.2, 0.25) is 0 Å². The summed E-state index contributed by atoms with van der Waals surface area (Å²) in [4.78, 5) is 12.8. The Bertz CT molecular complexity index is 732. The Morgan fingerprint density at radius 1 is 1.36 bits per heavy atom. The number of aliphatic hydroxyl groups is 3. The monoisotopic (exact) mass is 352 g/mol. The van der Waals surface area contributed by atoms with Crippen molar-refractivity contribution in [3.8, 4) is 0 Å². The lowest BCUT2D eigenvalue weighted by atomic mass is 10.1. The van der Waals surface area contributed by atoms with E-state index in [0.717, 1.165) is 12.8 Å². The quantitative estimate of drug-likeness (QED) is 0.428. The highest BCUT2D eigenvalue weighted by Gasteiger charge is 2.28. The minimum absolute atomic E-state index is 0.118. The number of imidazole rings is 1. The molecule has 2 aromatic heterocycles. The highest BCUT2D eigenvalue weighted by molar-refractivity contribution is 5.84. The van der Waals surface area contributed by atoms with Crippen molar-refractivity contribution in [1.82, 2.24) is 19.5 Å². The van der Waals surface area contributed by atoms with Crippen LogP contribution >= 0.6 is 0 Å². The van der Waals surface area contributed by atoms with Gasteiger partial charge in [-0.1, -0.05) is 0 Å². The summed E-state index contributed by atoms with van der Waals surface area (Å²) in [6.45, 7) is 2.72. The van der Waals surface area contributed by atoms with Gasteiger partial charge in [-0.2, -0.15) is 9.97 Å². The molecule has 10 nitrogen and oxygen atoms in total. The van der Waals surface area contributed by atoms with Crippen molar-refractivity contribution in [2.24, 2.45) is 0 Å². The molecule has 0 aliphatic heterocycles. The lowest BCUT2D eigenvalue weighted by molar-refractivity contribution is -0.140. The highest BCUT2D eigenvalue weighted by atomic mass is 16.5. The number of hydrogen-bond donors (Lipinski definition) is 5. The smallest absolute Gasteiger partial charge is 0.224 e. The molecule has 25 heavy (non-hydrogen) atoms. The van der Waals surface area contributed by atoms with E-state index in [-0.39, 0.29) is 5.95 Å². The molecular weight excluding hydrogens is 328 g/mol. The molecule has 6 N–H and O–H groups in total. The second-order valence-corrected chi connectivity index (χ2v) is 6.36. The van der Waals surface area contributed by atoms with Gasteiger partial charge in [0.15, 0.2) is 17.0 Å². The maximum atomic E-state index is 9.92. The molecule has 2 aromatic rings. The van der Waals surface area contributed by atoms with Crippen molar-refractivity contribution in [3.63, 3.8) is 0 Å². The lowest BCUT2D eigenvalue weighted by Crippen LogP contribution is -2.41. The zero-order valence-electron chi connectivity index (χ0n) is 14.2. The molecule has 1 fully saturated rings. The zero-order valence-corrected chi connectivity index (χ0v) is 14.2. The van der Waals surface area contributed by atoms with Crippen molar-refractivity contribution in [2.45, 2.75) is 57.3 Å². The van der Waals surface area contributed by atoms with Crippen molar-refractivity contribution < 1.29 is 20.1 Å². The van der Waals surface area contributed by atoms with Gasteiger partial charge in [0.25, 0.3) is 0 Å². The lowest BCUT2D eigenvalue weighted by Gasteiger charge is -2.27. The number of aromatic nitrogens is 4. The topological polar surface area (TPSA) is 152 Å². The minimum Gasteiger partial charge on any atom is -0.394 e. The van der Waals surface area contributed by atoms with Crippen molar-refractivity contribution in [3.05, 3.63) is 6.33 Å². The van der Waals surface area contributed by atoms with Crippen LogP contribution < -0.4 is 11.1 Å². The van der Waals surface area contributed by atoms with Crippen LogP contribution in [0.3, 0.4) is 0 Å². The molecule has 10 heteroatoms. The third-order valence-corrected chi connectivity index (χ3v) is 4.18. The first kappa shape index (κ1) is 17.8. The Hall–Kier alpha value is -2.01. The molecular formula is C15H24N6O4. The number of hydrogen-bond acceptors (Lipinski definition) is 9. The number of nitrogens with zero attached hydrogens (tertiary/aromatic N) is 4. The van der Waals surface area contributed by atoms with Gasteiger partial charge in [-0.3, -0.25) is 4.57 Å². The highest BCUT2D eigenvalue weighted by Crippen LogP contribution is 2.29. The van der Waals surface area contributed by atoms with E-state index in [1.807, 2.05) is 0 Å². The number of nitrogens with one attached hydrogen (secondary N) is 1. The van der Waals surface area contributed by atoms with E-state index in [4.69, 9.17) is 10.5 Å². The maximum Gasteiger partial charge on any atom is 0.224 e. The molecule has 0 aromatic carbocycles. The molecule has 0 amide bonds. The van der Waals surface area contributed by atoms with E-state index in [9.17, 15) is 15.3 Å². The van der Waals surface area contributed by atoms with E-state index in [1.165, 1.54) is 6.92 Å². The molecule has 1 aliphatic carbocycles. The van der Waals surface area contributed by atoms with Gasteiger partial charge < -0.3 is 31.1 Å². The predicted octanol–water partition coefficient (Wildman–Crippen LogP) is -0.380. The Morgan fingerprint density at radius 2 is 2.08 bits per heavy atom. The first-order chi connectivity index (χ1) is 11.9. The largest absolute Gasteiger partial charge is 0.394 e. The maximum absolute atomic E-state index is 9.92. The molecule has 3 unspecified atom stereocenters. The molecule has 3 rings (SSSR count). The Morgan fingerprint density at radius 3 is 2.68 bits per heavy atom. The molecule has 4 atom stereocenters. The van der Waals surface area contributed by atoms with E-state index in [0.29, 0.717) is 23.0 Å². The summed E-state index contributed by atoms with van der Waals surface area (Å²) in [5, 5.41) is 32.1. The number of aliphatic hydroxyl groups excluding tert-OH is 3. The van der Waals surface area contributed by atoms with Gasteiger partial charge in [-0.25, -0.2) is 4.98 Å². The summed E-state index contributed by atoms with van der Waals surface area (Å²) >= 11 is 0. The SMILES string of the molecule is CC(O)C(O)[C@@H](CO)OC(C)n1cnc2c(NC3CC3)nc(N)nc21. The van der Waals surface area contributed by atoms with Crippen LogP contribution in [0.4, 0.5) is 11.8 Å². The Balaban J connectivity index is 1.86. The van der Waals surface area contributed by atoms with Gasteiger partial charge in [-0.15, -0.1) is 0 Å². The summed E-state index contributed by atoms with van der Waals surface area (Å²) in [5.41, 5.74) is 6.88. The number of ether oxygens (including phenoxy) is 1. The van der Waals surface area contributed by atoms with Crippen LogP contribution in [-0.2, 0) is 4.74 Å². The molecule has 0 bridgehead atoms. The third-order valence-electron chi connectivity index (χ3n) is 4.18. The van der Waals surface area contributed by atoms with Gasteiger partial charge in [0.1, 0.15) is 18.4 Å². The standard InChI is InChI=1S/C15H24N6O4/c1-7(23)12(24)10(5-22)25-8(2)21-6-17-11-13(18-9-3-4-9)19-15(16)20-14(11)21/h6-10,12,22-24H,3-5H2,1-2H3,(H3,16,18,19,20)/t7?,8?,10-,12?/m1/s1. The summed E-state index contributed by atoms with van der Waals surface area (Å²) in [5.74, 6) is 0.700. The van der Waals surface area contributed by atoms with Gasteiger partial charge in [0.2, 0.25) is 5.95 Å². The minimum atomic E-state index is -1.21. The van der Waals surface area contributed by atoms with Crippen molar-refractivity contribution in [1.29, 1.82) is 0 Å². The van der Waals surface area contributed by atoms with Gasteiger partial charge in [-0.05, 0) is 26.7 Å². The van der Waals surface area contributed by atoms with Gasteiger partial charge in [0, 0.05) is 6.04 Å². The summed E-state index contributed by atoms with van der Waals surface area (Å²) in [6.07, 6.45) is -0.0770. The average molecular weight is 352 g/mol. The van der Waals surface area contributed by atoms with E-state index in [2.05, 4.69) is 20.3 Å². The van der Waals surface area contributed by atoms with Crippen LogP contribution in [0.15, 0.2) is 6.33 Å². The Labute approximate surface area is 144 Å². The van der Waals surface area contributed by atoms with E-state index < -0.39 is 31.1 Å². The normalized spacial score (nSPS) is 19.6. The molecule has 1 aliphatic rings. The second kappa shape index (κ2) is 7.08. The number of nitrogens with two attached hydrogens (primary N) is 1. The van der Waals surface area contributed by atoms with Crippen LogP contribution in [-0.4, -0.2) is 65.8 Å². The first-order valence-corrected chi connectivity index (χ1v) is 8.29. The predicted molar refractivity (Wildman–Crippen MR) is 90.7 cm³/mol. The molecule has 0 saturated heterocycles. The number of fused-ring (bicyclic) bond motifs is 1. The van der Waals surface area contributed by atoms with Crippen LogP contribution in [0, 0.1) is 0 Å². The summed E-state index contributed by atoms with van der Waals surface area (Å²) in [6, 6.07) is 0.385. The molecule has 2 heterocycles. The fourth-order valence-electron chi connectivity index (χ4n) is 2.58. The molecule has 0 radical (unpaired) electrons. The summed E-state index contributed by atoms with van der Waals surface area (Å²) in [7, 11) is 0. The van der Waals surface area contributed by atoms with Gasteiger partial charge >= 0.3 is 0 Å². The van der Waals surface area contributed by atoms with E-state index >= 15 is 0 Å². The first-order valence-electron chi connectivity index (χ1n) is 8.29. The summed E-state index contributed by atoms with van der Waals surface area (Å²) < 4.78 is 7.33. The third kappa shape index (κ3) is 3.82.